The third kappa shape index (κ3) is 18.4. The number of rotatable bonds is 15. The highest BCUT2D eigenvalue weighted by Crippen LogP contribution is 2.51. The molecule has 35 heteroatoms. The summed E-state index contributed by atoms with van der Waals surface area (Å²) in [6.07, 6.45) is 0. The standard InChI is InChI=1S/C60H32F10N4.C24H12F8N2.C12H4F8N2.C6H5I.3CH4.H2/c61-33-19-23-37(24-20-33)73-45-17-9-7-15-41(45)43-31-39(27-29-47(43)73)71(35-11-3-1-4-12-35)59-55(67)51(63)49(52(64)56(59)68)50-53(65)57(69)60(58(70)54(50)66)72(36-13-5-2-6-14-36)40-28-30-48-44(32-40)42-16-8-10-18-46(42)74(48)38-25-21-34(62)22-26-38;25-15-13(16(26)20(30)23(19(15)29)33-11-7-3-1-4-8-11)14-17(27)21(31)24(22(32)18(14)28)34-12-9-5-2-6-10-12;13-3-1(4(14)8(18)11(21)7(3)17)2-5(15)9(19)12(22)10(20)6(2)16;7-6-4-2-1-3-5-6;;;;/h1-32H;1-10,33-34H;21-22H2;1-5H;3*1H4;1H. The fourth-order valence-corrected chi connectivity index (χ4v) is 15.8. The van der Waals surface area contributed by atoms with Gasteiger partial charge in [0, 0.05) is 72.0 Å². The molecule has 2 heterocycles. The molecule has 0 atom stereocenters. The van der Waals surface area contributed by atoms with E-state index in [1.807, 2.05) is 39.5 Å². The van der Waals surface area contributed by atoms with E-state index in [1.54, 1.807) is 97.1 Å². The summed E-state index contributed by atoms with van der Waals surface area (Å²) in [5, 5.41) is 6.55. The number of nitrogens with one attached hydrogen (secondary N) is 2. The number of nitrogens with two attached hydrogens (primary N) is 2. The summed E-state index contributed by atoms with van der Waals surface area (Å²) >= 11 is 2.28. The maximum atomic E-state index is 17.0. The molecule has 0 saturated carbocycles. The van der Waals surface area contributed by atoms with Crippen LogP contribution in [0.2, 0.25) is 0 Å². The molecule has 0 aliphatic heterocycles. The van der Waals surface area contributed by atoms with Gasteiger partial charge in [-0.3, -0.25) is 0 Å². The van der Waals surface area contributed by atoms with Crippen LogP contribution in [0.5, 0.6) is 0 Å². The lowest BCUT2D eigenvalue weighted by molar-refractivity contribution is 0.444. The first kappa shape index (κ1) is 101. The molecule has 140 heavy (non-hydrogen) atoms. The van der Waals surface area contributed by atoms with E-state index in [1.165, 1.54) is 149 Å². The van der Waals surface area contributed by atoms with Crippen molar-refractivity contribution in [2.75, 3.05) is 31.9 Å². The number of aromatic nitrogens is 2. The average Bonchev–Trinajstić information content (AvgIpc) is 1.68. The van der Waals surface area contributed by atoms with Crippen LogP contribution in [0.4, 0.5) is 182 Å². The predicted molar refractivity (Wildman–Crippen MR) is 502 cm³/mol. The first-order chi connectivity index (χ1) is 65.6. The molecule has 716 valence electrons. The van der Waals surface area contributed by atoms with Crippen LogP contribution in [0.1, 0.15) is 23.7 Å². The Labute approximate surface area is 793 Å². The van der Waals surface area contributed by atoms with Crippen molar-refractivity contribution in [1.82, 2.24) is 9.13 Å². The van der Waals surface area contributed by atoms with Crippen LogP contribution in [0.15, 0.2) is 285 Å². The molecular formula is C105H67F26IN8. The number of fused-ring (bicyclic) bond motifs is 6. The van der Waals surface area contributed by atoms with Crippen molar-refractivity contribution in [3.8, 4) is 44.8 Å². The van der Waals surface area contributed by atoms with Crippen LogP contribution in [-0.4, -0.2) is 9.13 Å². The maximum Gasteiger partial charge on any atom is 0.186 e. The number of nitrogens with zero attached hydrogens (tertiary/aromatic N) is 4. The summed E-state index contributed by atoms with van der Waals surface area (Å²) in [7, 11) is 0. The lowest BCUT2D eigenvalue weighted by atomic mass is 9.98. The van der Waals surface area contributed by atoms with Crippen molar-refractivity contribution in [2.24, 2.45) is 0 Å². The molecule has 17 aromatic carbocycles. The van der Waals surface area contributed by atoms with Crippen molar-refractivity contribution in [3.63, 3.8) is 0 Å². The normalized spacial score (nSPS) is 11.0. The van der Waals surface area contributed by atoms with Crippen molar-refractivity contribution in [1.29, 1.82) is 0 Å². The van der Waals surface area contributed by atoms with E-state index in [9.17, 15) is 79.0 Å². The summed E-state index contributed by atoms with van der Waals surface area (Å²) in [4.78, 5) is 1.74. The van der Waals surface area contributed by atoms with Crippen molar-refractivity contribution in [3.05, 3.63) is 440 Å². The van der Waals surface area contributed by atoms with Crippen LogP contribution in [0, 0.1) is 155 Å². The summed E-state index contributed by atoms with van der Waals surface area (Å²) in [6, 6.07) is 74.0. The molecule has 0 aliphatic carbocycles. The van der Waals surface area contributed by atoms with Crippen molar-refractivity contribution >= 4 is 134 Å². The van der Waals surface area contributed by atoms with E-state index in [-0.39, 0.29) is 57.8 Å². The Morgan fingerprint density at radius 3 is 0.714 bits per heavy atom. The number of anilines is 12. The first-order valence-electron chi connectivity index (χ1n) is 39.9. The Hall–Kier alpha value is -16.0. The third-order valence-corrected chi connectivity index (χ3v) is 22.4. The number of para-hydroxylation sites is 6. The molecule has 6 N–H and O–H groups in total. The maximum absolute atomic E-state index is 17.0. The van der Waals surface area contributed by atoms with E-state index in [0.29, 0.717) is 55.0 Å². The zero-order valence-corrected chi connectivity index (χ0v) is 70.9. The largest absolute Gasteiger partial charge is 0.394 e. The summed E-state index contributed by atoms with van der Waals surface area (Å²) in [5.41, 5.74) is -7.31. The molecule has 0 amide bonds. The molecule has 0 unspecified atom stereocenters. The second-order valence-corrected chi connectivity index (χ2v) is 31.0. The predicted octanol–water partition coefficient (Wildman–Crippen LogP) is 33.9. The van der Waals surface area contributed by atoms with Gasteiger partial charge in [0.05, 0.1) is 55.4 Å². The highest BCUT2D eigenvalue weighted by Gasteiger charge is 2.41. The number of hydrogen-bond donors (Lipinski definition) is 4. The van der Waals surface area contributed by atoms with Crippen LogP contribution in [-0.2, 0) is 0 Å². The SMILES string of the molecule is C.C.C.Fc1c(F)c(-c2c(F)c(F)c(Nc3ccccc3)c(F)c2F)c(F)c(F)c1Nc1ccccc1.Fc1ccc(-n2c3ccccc3c3cc(N(c4ccccc4)c4c(F)c(F)c(-c5c(F)c(F)c(N(c6ccccc6)c6ccc7c(c6)c6ccccc6n7-c6ccc(F)cc6)c(F)c5F)c(F)c4F)ccc32)cc1.Ic1ccccc1.Nc1c(F)c(F)c(-c2c(F)c(F)c(N)c(F)c2F)c(F)c1F.[HH]. The summed E-state index contributed by atoms with van der Waals surface area (Å²) in [6.45, 7) is 0. The van der Waals surface area contributed by atoms with Gasteiger partial charge in [-0.15, -0.1) is 0 Å². The monoisotopic (exact) mass is 2060 g/mol. The number of benzene rings is 17. The Morgan fingerprint density at radius 1 is 0.221 bits per heavy atom. The fourth-order valence-electron chi connectivity index (χ4n) is 15.4. The van der Waals surface area contributed by atoms with E-state index in [2.05, 4.69) is 45.4 Å². The van der Waals surface area contributed by atoms with Gasteiger partial charge in [0.15, 0.2) is 140 Å². The number of hydrogen-bond acceptors (Lipinski definition) is 6. The minimum atomic E-state index is -2.35. The number of nitrogen functional groups attached to an aromatic ring is 2. The second kappa shape index (κ2) is 41.5. The van der Waals surface area contributed by atoms with Gasteiger partial charge >= 0.3 is 0 Å². The van der Waals surface area contributed by atoms with Crippen LogP contribution >= 0.6 is 22.6 Å². The molecule has 0 radical (unpaired) electrons. The molecule has 19 rings (SSSR count). The van der Waals surface area contributed by atoms with Gasteiger partial charge in [-0.2, -0.15) is 0 Å². The summed E-state index contributed by atoms with van der Waals surface area (Å²) in [5.74, 6) is -54.1. The molecular weight excluding hydrogens is 1990 g/mol. The topological polar surface area (TPSA) is 92.4 Å². The van der Waals surface area contributed by atoms with Crippen LogP contribution < -0.4 is 31.9 Å². The quantitative estimate of drug-likeness (QED) is 0.0354. The minimum Gasteiger partial charge on any atom is -0.394 e. The average molecular weight is 2060 g/mol. The van der Waals surface area contributed by atoms with E-state index < -0.39 is 219 Å². The second-order valence-electron chi connectivity index (χ2n) is 29.7. The van der Waals surface area contributed by atoms with E-state index >= 15 is 35.1 Å². The van der Waals surface area contributed by atoms with Crippen LogP contribution in [0.25, 0.3) is 88.4 Å². The van der Waals surface area contributed by atoms with Gasteiger partial charge in [-0.05, 0) is 180 Å². The first-order valence-corrected chi connectivity index (χ1v) is 41.0. The lowest BCUT2D eigenvalue weighted by Crippen LogP contribution is -2.19. The minimum absolute atomic E-state index is 0. The highest BCUT2D eigenvalue weighted by molar-refractivity contribution is 14.1. The van der Waals surface area contributed by atoms with Gasteiger partial charge in [-0.1, -0.05) is 150 Å². The fraction of sp³-hybridized carbons (Fsp3) is 0.0286. The highest BCUT2D eigenvalue weighted by atomic mass is 127. The molecule has 0 bridgehead atoms. The molecule has 0 spiro atoms. The molecule has 2 aromatic heterocycles. The Balaban J connectivity index is 0.000000217. The zero-order chi connectivity index (χ0) is 97.7. The molecule has 19 aromatic rings. The van der Waals surface area contributed by atoms with Gasteiger partial charge in [-0.25, -0.2) is 114 Å². The van der Waals surface area contributed by atoms with Gasteiger partial charge in [0.25, 0.3) is 0 Å². The summed E-state index contributed by atoms with van der Waals surface area (Å²) < 4.78 is 394. The Morgan fingerprint density at radius 2 is 0.450 bits per heavy atom. The Kier molecular flexibility index (Phi) is 30.1. The van der Waals surface area contributed by atoms with Gasteiger partial charge < -0.3 is 41.0 Å². The van der Waals surface area contributed by atoms with Gasteiger partial charge in [0.1, 0.15) is 45.8 Å². The molecule has 0 saturated heterocycles. The Bertz CT molecular complexity index is 7330. The zero-order valence-electron chi connectivity index (χ0n) is 68.8. The van der Waals surface area contributed by atoms with E-state index in [0.717, 1.165) is 9.80 Å². The van der Waals surface area contributed by atoms with Crippen molar-refractivity contribution in [2.45, 2.75) is 22.3 Å². The van der Waals surface area contributed by atoms with Crippen molar-refractivity contribution < 1.29 is 116 Å². The smallest absolute Gasteiger partial charge is 0.186 e. The van der Waals surface area contributed by atoms with Crippen LogP contribution in [0.3, 0.4) is 0 Å². The number of halogens is 27. The van der Waals surface area contributed by atoms with E-state index in [4.69, 9.17) is 11.5 Å². The van der Waals surface area contributed by atoms with Gasteiger partial charge in [0.2, 0.25) is 0 Å². The molecule has 8 nitrogen and oxygen atoms in total. The lowest BCUT2D eigenvalue weighted by Gasteiger charge is -2.28. The third-order valence-electron chi connectivity index (χ3n) is 21.6. The molecule has 0 fully saturated rings. The molecule has 0 aliphatic rings.